The average Bonchev–Trinajstić information content (AvgIpc) is 2.68. The number of ether oxygens (including phenoxy) is 1. The first kappa shape index (κ1) is 22.6. The minimum absolute atomic E-state index is 0.145. The Balaban J connectivity index is 2.40. The van der Waals surface area contributed by atoms with Crippen molar-refractivity contribution in [3.8, 4) is 0 Å². The molecule has 148 valence electrons. The van der Waals surface area contributed by atoms with Crippen LogP contribution in [0.5, 0.6) is 0 Å². The SMILES string of the molecule is CCCCCCCCCCN(CC(=O)C=[N+]=[N-])C(=O)OCc1ccccc1. The molecule has 1 rings (SSSR count). The number of nitrogens with zero attached hydrogens (tertiary/aromatic N) is 3. The second-order valence-corrected chi connectivity index (χ2v) is 6.65. The van der Waals surface area contributed by atoms with Crippen LogP contribution >= 0.6 is 0 Å². The largest absolute Gasteiger partial charge is 0.445 e. The predicted octanol–water partition coefficient (Wildman–Crippen LogP) is 4.64. The lowest BCUT2D eigenvalue weighted by Gasteiger charge is -2.20. The number of carbonyl (C=O) groups is 2. The van der Waals surface area contributed by atoms with Crippen molar-refractivity contribution < 1.29 is 19.1 Å². The molecule has 6 nitrogen and oxygen atoms in total. The number of rotatable bonds is 14. The number of amides is 1. The van der Waals surface area contributed by atoms with Crippen molar-refractivity contribution in [3.63, 3.8) is 0 Å². The lowest BCUT2D eigenvalue weighted by Crippen LogP contribution is -2.37. The van der Waals surface area contributed by atoms with E-state index in [1.807, 2.05) is 30.3 Å². The monoisotopic (exact) mass is 373 g/mol. The van der Waals surface area contributed by atoms with Gasteiger partial charge in [0, 0.05) is 6.54 Å². The van der Waals surface area contributed by atoms with E-state index in [1.54, 1.807) is 0 Å². The van der Waals surface area contributed by atoms with Gasteiger partial charge in [0.15, 0.2) is 0 Å². The van der Waals surface area contributed by atoms with Crippen LogP contribution in [0.4, 0.5) is 4.79 Å². The molecule has 0 bridgehead atoms. The quantitative estimate of drug-likeness (QED) is 0.206. The molecule has 0 spiro atoms. The minimum Gasteiger partial charge on any atom is -0.445 e. The first-order valence-corrected chi connectivity index (χ1v) is 9.83. The van der Waals surface area contributed by atoms with E-state index in [0.717, 1.165) is 31.0 Å². The second kappa shape index (κ2) is 14.7. The smallest absolute Gasteiger partial charge is 0.410 e. The zero-order valence-electron chi connectivity index (χ0n) is 16.3. The van der Waals surface area contributed by atoms with Crippen molar-refractivity contribution in [3.05, 3.63) is 41.4 Å². The van der Waals surface area contributed by atoms with Crippen LogP contribution in [0.25, 0.3) is 5.53 Å². The molecule has 0 unspecified atom stereocenters. The third kappa shape index (κ3) is 11.0. The molecule has 0 radical (unpaired) electrons. The highest BCUT2D eigenvalue weighted by Gasteiger charge is 2.19. The van der Waals surface area contributed by atoms with Crippen molar-refractivity contribution in [1.82, 2.24) is 4.90 Å². The molecule has 0 aliphatic carbocycles. The fraction of sp³-hybridized carbons (Fsp3) is 0.571. The molecule has 0 heterocycles. The first-order valence-electron chi connectivity index (χ1n) is 9.83. The maximum absolute atomic E-state index is 12.3. The van der Waals surface area contributed by atoms with E-state index in [2.05, 4.69) is 11.7 Å². The summed E-state index contributed by atoms with van der Waals surface area (Å²) in [6.45, 7) is 2.67. The molecule has 0 fully saturated rings. The van der Waals surface area contributed by atoms with Crippen LogP contribution in [0.2, 0.25) is 0 Å². The summed E-state index contributed by atoms with van der Waals surface area (Å²) in [4.78, 5) is 28.2. The Labute approximate surface area is 162 Å². The third-order valence-electron chi connectivity index (χ3n) is 4.29. The van der Waals surface area contributed by atoms with E-state index in [-0.39, 0.29) is 13.2 Å². The van der Waals surface area contributed by atoms with Gasteiger partial charge in [0.2, 0.25) is 0 Å². The second-order valence-electron chi connectivity index (χ2n) is 6.65. The van der Waals surface area contributed by atoms with Gasteiger partial charge in [-0.1, -0.05) is 82.2 Å². The number of hydrogen-bond donors (Lipinski definition) is 0. The minimum atomic E-state index is -0.526. The molecule has 0 saturated carbocycles. The van der Waals surface area contributed by atoms with Crippen LogP contribution in [0.1, 0.15) is 63.9 Å². The van der Waals surface area contributed by atoms with E-state index in [9.17, 15) is 9.59 Å². The summed E-state index contributed by atoms with van der Waals surface area (Å²) in [5.41, 5.74) is 9.38. The van der Waals surface area contributed by atoms with Gasteiger partial charge in [0.1, 0.15) is 6.61 Å². The summed E-state index contributed by atoms with van der Waals surface area (Å²) in [6.07, 6.45) is 9.50. The van der Waals surface area contributed by atoms with E-state index < -0.39 is 11.9 Å². The van der Waals surface area contributed by atoms with Gasteiger partial charge in [0.05, 0.1) is 6.54 Å². The topological polar surface area (TPSA) is 83.0 Å². The number of benzene rings is 1. The Kier molecular flexibility index (Phi) is 12.3. The van der Waals surface area contributed by atoms with Crippen molar-refractivity contribution in [1.29, 1.82) is 0 Å². The van der Waals surface area contributed by atoms with E-state index in [0.29, 0.717) is 6.54 Å². The number of unbranched alkanes of at least 4 members (excludes halogenated alkanes) is 7. The molecule has 1 aromatic rings. The summed E-state index contributed by atoms with van der Waals surface area (Å²) in [5.74, 6) is -0.436. The van der Waals surface area contributed by atoms with Crippen LogP contribution in [-0.2, 0) is 16.1 Å². The number of carbonyl (C=O) groups excluding carboxylic acids is 2. The Hall–Kier alpha value is -2.46. The zero-order chi connectivity index (χ0) is 19.7. The molecule has 6 heteroatoms. The Bertz CT molecular complexity index is 598. The number of Topliss-reactive ketones (excluding diaryl/α,β-unsaturated/α-hetero) is 1. The van der Waals surface area contributed by atoms with Crippen molar-refractivity contribution >= 4 is 18.1 Å². The van der Waals surface area contributed by atoms with Gasteiger partial charge in [0.25, 0.3) is 5.78 Å². The number of ketones is 1. The van der Waals surface area contributed by atoms with Gasteiger partial charge >= 0.3 is 12.3 Å². The summed E-state index contributed by atoms with van der Waals surface area (Å²) in [6, 6.07) is 9.40. The van der Waals surface area contributed by atoms with Crippen molar-refractivity contribution in [2.75, 3.05) is 13.1 Å². The summed E-state index contributed by atoms with van der Waals surface area (Å²) >= 11 is 0. The molecule has 1 amide bonds. The van der Waals surface area contributed by atoms with E-state index in [4.69, 9.17) is 10.3 Å². The average molecular weight is 373 g/mol. The standard InChI is InChI=1S/C21H31N3O3/c1-2-3-4-5-6-7-8-12-15-24(17-20(25)16-23-22)21(26)27-18-19-13-10-9-11-14-19/h9-11,13-14,16H,2-8,12,15,17-18H2,1H3. The maximum Gasteiger partial charge on any atom is 0.410 e. The van der Waals surface area contributed by atoms with E-state index in [1.165, 1.54) is 37.0 Å². The highest BCUT2D eigenvalue weighted by atomic mass is 16.6. The summed E-state index contributed by atoms with van der Waals surface area (Å²) in [7, 11) is 0. The van der Waals surface area contributed by atoms with Crippen LogP contribution < -0.4 is 0 Å². The Morgan fingerprint density at radius 2 is 1.67 bits per heavy atom. The molecule has 27 heavy (non-hydrogen) atoms. The number of hydrogen-bond acceptors (Lipinski definition) is 3. The van der Waals surface area contributed by atoms with Gasteiger partial charge in [-0.3, -0.25) is 4.79 Å². The van der Waals surface area contributed by atoms with Crippen molar-refractivity contribution in [2.24, 2.45) is 0 Å². The zero-order valence-corrected chi connectivity index (χ0v) is 16.3. The van der Waals surface area contributed by atoms with Crippen LogP contribution in [0, 0.1) is 0 Å². The molecular weight excluding hydrogens is 342 g/mol. The molecule has 0 saturated heterocycles. The molecule has 0 aromatic heterocycles. The fourth-order valence-electron chi connectivity index (χ4n) is 2.78. The lowest BCUT2D eigenvalue weighted by atomic mass is 10.1. The first-order chi connectivity index (χ1) is 13.2. The van der Waals surface area contributed by atoms with Crippen LogP contribution in [-0.4, -0.2) is 40.9 Å². The Morgan fingerprint density at radius 3 is 2.30 bits per heavy atom. The highest BCUT2D eigenvalue weighted by Crippen LogP contribution is 2.10. The molecule has 0 aliphatic heterocycles. The highest BCUT2D eigenvalue weighted by molar-refractivity contribution is 6.26. The third-order valence-corrected chi connectivity index (χ3v) is 4.29. The normalized spacial score (nSPS) is 10.1. The molecule has 0 aliphatic rings. The maximum atomic E-state index is 12.3. The fourth-order valence-corrected chi connectivity index (χ4v) is 2.78. The molecule has 0 N–H and O–H groups in total. The van der Waals surface area contributed by atoms with Gasteiger partial charge in [-0.15, -0.1) is 0 Å². The van der Waals surface area contributed by atoms with Crippen LogP contribution in [0.15, 0.2) is 30.3 Å². The Morgan fingerprint density at radius 1 is 1.04 bits per heavy atom. The lowest BCUT2D eigenvalue weighted by molar-refractivity contribution is -0.117. The van der Waals surface area contributed by atoms with E-state index >= 15 is 0 Å². The van der Waals surface area contributed by atoms with Gasteiger partial charge < -0.3 is 15.2 Å². The summed E-state index contributed by atoms with van der Waals surface area (Å²) < 4.78 is 5.32. The van der Waals surface area contributed by atoms with Crippen molar-refractivity contribution in [2.45, 2.75) is 64.9 Å². The molecule has 0 atom stereocenters. The van der Waals surface area contributed by atoms with Gasteiger partial charge in [-0.05, 0) is 12.0 Å². The predicted molar refractivity (Wildman–Crippen MR) is 106 cm³/mol. The van der Waals surface area contributed by atoms with Gasteiger partial charge in [-0.25, -0.2) is 4.79 Å². The molecule has 1 aromatic carbocycles. The van der Waals surface area contributed by atoms with Gasteiger partial charge in [-0.2, -0.15) is 4.79 Å². The molecular formula is C21H31N3O3. The summed E-state index contributed by atoms with van der Waals surface area (Å²) in [5, 5.41) is 0. The van der Waals surface area contributed by atoms with Crippen LogP contribution in [0.3, 0.4) is 0 Å².